The molecule has 4 aromatic rings. The lowest BCUT2D eigenvalue weighted by Crippen LogP contribution is -2.40. The lowest BCUT2D eigenvalue weighted by atomic mass is 9.98. The minimum Gasteiger partial charge on any atom is -0.494 e. The number of carbonyl (C=O) groups excluding carboxylic acids is 1. The van der Waals surface area contributed by atoms with Gasteiger partial charge in [0, 0.05) is 22.4 Å². The SMILES string of the molecule is CCOc1ccc2nc(SCC(=O)N3CCc4sccc4C3c3cccs3)[nH]c2c1. The van der Waals surface area contributed by atoms with Crippen molar-refractivity contribution in [2.24, 2.45) is 0 Å². The van der Waals surface area contributed by atoms with Crippen molar-refractivity contribution in [2.45, 2.75) is 24.5 Å². The van der Waals surface area contributed by atoms with E-state index in [0.717, 1.165) is 34.9 Å². The fourth-order valence-corrected chi connectivity index (χ4v) is 6.37. The monoisotopic (exact) mass is 455 g/mol. The number of fused-ring (bicyclic) bond motifs is 2. The number of benzene rings is 1. The first-order valence-corrected chi connectivity index (χ1v) is 12.6. The van der Waals surface area contributed by atoms with Gasteiger partial charge in [0.15, 0.2) is 5.16 Å². The number of hydrogen-bond donors (Lipinski definition) is 1. The predicted molar refractivity (Wildman–Crippen MR) is 124 cm³/mol. The Morgan fingerprint density at radius 3 is 3.07 bits per heavy atom. The van der Waals surface area contributed by atoms with Gasteiger partial charge in [-0.1, -0.05) is 17.8 Å². The zero-order chi connectivity index (χ0) is 20.5. The molecular weight excluding hydrogens is 434 g/mol. The molecule has 1 aliphatic rings. The van der Waals surface area contributed by atoms with Gasteiger partial charge in [0.25, 0.3) is 0 Å². The number of ether oxygens (including phenoxy) is 1. The molecule has 5 rings (SSSR count). The number of carbonyl (C=O) groups is 1. The summed E-state index contributed by atoms with van der Waals surface area (Å²) in [5.74, 6) is 1.32. The van der Waals surface area contributed by atoms with Gasteiger partial charge in [-0.05, 0) is 53.9 Å². The predicted octanol–water partition coefficient (Wildman–Crippen LogP) is 5.35. The van der Waals surface area contributed by atoms with E-state index < -0.39 is 0 Å². The Bertz CT molecular complexity index is 1170. The first-order valence-electron chi connectivity index (χ1n) is 9.87. The van der Waals surface area contributed by atoms with Crippen LogP contribution >= 0.6 is 34.4 Å². The zero-order valence-electron chi connectivity index (χ0n) is 16.5. The van der Waals surface area contributed by atoms with E-state index in [0.29, 0.717) is 12.4 Å². The molecule has 0 saturated carbocycles. The summed E-state index contributed by atoms with van der Waals surface area (Å²) >= 11 is 4.96. The summed E-state index contributed by atoms with van der Waals surface area (Å²) in [6, 6.07) is 12.2. The molecule has 4 heterocycles. The molecule has 1 unspecified atom stereocenters. The van der Waals surface area contributed by atoms with E-state index in [1.54, 1.807) is 22.7 Å². The third kappa shape index (κ3) is 3.75. The second-order valence-corrected chi connectivity index (χ2v) is 9.94. The number of thiophene rings is 2. The molecule has 0 spiro atoms. The molecule has 1 N–H and O–H groups in total. The number of nitrogens with zero attached hydrogens (tertiary/aromatic N) is 2. The fourth-order valence-electron chi connectivity index (χ4n) is 3.84. The highest BCUT2D eigenvalue weighted by Gasteiger charge is 2.33. The summed E-state index contributed by atoms with van der Waals surface area (Å²) in [6.45, 7) is 3.35. The van der Waals surface area contributed by atoms with Crippen molar-refractivity contribution in [1.29, 1.82) is 0 Å². The zero-order valence-corrected chi connectivity index (χ0v) is 18.9. The number of rotatable bonds is 6. The number of amides is 1. The van der Waals surface area contributed by atoms with Gasteiger partial charge < -0.3 is 14.6 Å². The number of H-pyrrole nitrogens is 1. The first-order chi connectivity index (χ1) is 14.7. The van der Waals surface area contributed by atoms with E-state index in [1.165, 1.54) is 27.1 Å². The van der Waals surface area contributed by atoms with Gasteiger partial charge in [-0.3, -0.25) is 4.79 Å². The molecule has 0 saturated heterocycles. The highest BCUT2D eigenvalue weighted by molar-refractivity contribution is 7.99. The minimum atomic E-state index is 0.0255. The van der Waals surface area contributed by atoms with Crippen LogP contribution in [0.4, 0.5) is 0 Å². The van der Waals surface area contributed by atoms with Crippen molar-refractivity contribution in [2.75, 3.05) is 18.9 Å². The van der Waals surface area contributed by atoms with E-state index in [2.05, 4.69) is 38.9 Å². The maximum absolute atomic E-state index is 13.2. The van der Waals surface area contributed by atoms with Crippen molar-refractivity contribution >= 4 is 51.4 Å². The van der Waals surface area contributed by atoms with Gasteiger partial charge >= 0.3 is 0 Å². The number of hydrogen-bond acceptors (Lipinski definition) is 6. The highest BCUT2D eigenvalue weighted by atomic mass is 32.2. The number of nitrogens with one attached hydrogen (secondary N) is 1. The Hall–Kier alpha value is -2.29. The highest BCUT2D eigenvalue weighted by Crippen LogP contribution is 2.39. The van der Waals surface area contributed by atoms with Crippen LogP contribution in [0.2, 0.25) is 0 Å². The lowest BCUT2D eigenvalue weighted by Gasteiger charge is -2.35. The van der Waals surface area contributed by atoms with Crippen LogP contribution in [0.3, 0.4) is 0 Å². The normalized spacial score (nSPS) is 16.0. The molecule has 1 amide bonds. The molecule has 1 atom stereocenters. The summed E-state index contributed by atoms with van der Waals surface area (Å²) in [7, 11) is 0. The Kier molecular flexibility index (Phi) is 5.54. The average molecular weight is 456 g/mol. The third-order valence-electron chi connectivity index (χ3n) is 5.17. The van der Waals surface area contributed by atoms with Crippen LogP contribution in [0.5, 0.6) is 5.75 Å². The van der Waals surface area contributed by atoms with Gasteiger partial charge in [0.05, 0.1) is 29.4 Å². The van der Waals surface area contributed by atoms with Crippen LogP contribution in [0, 0.1) is 0 Å². The van der Waals surface area contributed by atoms with Crippen molar-refractivity contribution in [3.8, 4) is 5.75 Å². The van der Waals surface area contributed by atoms with E-state index in [1.807, 2.05) is 30.0 Å². The number of aromatic nitrogens is 2. The molecule has 8 heteroatoms. The maximum atomic E-state index is 13.2. The van der Waals surface area contributed by atoms with Crippen molar-refractivity contribution in [3.05, 3.63) is 62.5 Å². The molecule has 5 nitrogen and oxygen atoms in total. The Balaban J connectivity index is 1.33. The van der Waals surface area contributed by atoms with Crippen LogP contribution in [0.15, 0.2) is 52.3 Å². The Morgan fingerprint density at radius 2 is 2.23 bits per heavy atom. The molecule has 0 fully saturated rings. The van der Waals surface area contributed by atoms with Gasteiger partial charge in [0.2, 0.25) is 5.91 Å². The molecule has 3 aromatic heterocycles. The van der Waals surface area contributed by atoms with E-state index in [-0.39, 0.29) is 11.9 Å². The van der Waals surface area contributed by atoms with Gasteiger partial charge in [-0.2, -0.15) is 0 Å². The number of aromatic amines is 1. The van der Waals surface area contributed by atoms with Crippen LogP contribution < -0.4 is 4.74 Å². The molecule has 1 aliphatic heterocycles. The largest absolute Gasteiger partial charge is 0.494 e. The molecule has 154 valence electrons. The molecule has 1 aromatic carbocycles. The topological polar surface area (TPSA) is 58.2 Å². The first kappa shape index (κ1) is 19.7. The Morgan fingerprint density at radius 1 is 1.30 bits per heavy atom. The summed E-state index contributed by atoms with van der Waals surface area (Å²) in [5, 5.41) is 4.98. The van der Waals surface area contributed by atoms with Crippen molar-refractivity contribution < 1.29 is 9.53 Å². The number of thioether (sulfide) groups is 1. The number of imidazole rings is 1. The van der Waals surface area contributed by atoms with Gasteiger partial charge in [-0.15, -0.1) is 22.7 Å². The summed E-state index contributed by atoms with van der Waals surface area (Å²) < 4.78 is 5.56. The van der Waals surface area contributed by atoms with Crippen LogP contribution in [-0.4, -0.2) is 39.7 Å². The maximum Gasteiger partial charge on any atom is 0.233 e. The van der Waals surface area contributed by atoms with E-state index in [9.17, 15) is 4.79 Å². The van der Waals surface area contributed by atoms with Gasteiger partial charge in [0.1, 0.15) is 5.75 Å². The molecular formula is C22H21N3O2S3. The smallest absolute Gasteiger partial charge is 0.233 e. The molecule has 30 heavy (non-hydrogen) atoms. The molecule has 0 radical (unpaired) electrons. The summed E-state index contributed by atoms with van der Waals surface area (Å²) in [6.07, 6.45) is 0.927. The standard InChI is InChI=1S/C22H21N3O2S3/c1-2-27-14-5-6-16-17(12-14)24-22(23-16)30-13-20(26)25-9-7-18-15(8-11-29-18)21(25)19-4-3-10-28-19/h3-6,8,10-12,21H,2,7,9,13H2,1H3,(H,23,24). The molecule has 0 aliphatic carbocycles. The lowest BCUT2D eigenvalue weighted by molar-refractivity contribution is -0.130. The van der Waals surface area contributed by atoms with Crippen LogP contribution in [0.25, 0.3) is 11.0 Å². The van der Waals surface area contributed by atoms with E-state index in [4.69, 9.17) is 4.74 Å². The quantitative estimate of drug-likeness (QED) is 0.398. The summed E-state index contributed by atoms with van der Waals surface area (Å²) in [5.41, 5.74) is 3.08. The van der Waals surface area contributed by atoms with Crippen molar-refractivity contribution in [1.82, 2.24) is 14.9 Å². The van der Waals surface area contributed by atoms with E-state index >= 15 is 0 Å². The van der Waals surface area contributed by atoms with Gasteiger partial charge in [-0.25, -0.2) is 4.98 Å². The molecule has 0 bridgehead atoms. The second kappa shape index (κ2) is 8.45. The van der Waals surface area contributed by atoms with Crippen LogP contribution in [-0.2, 0) is 11.2 Å². The van der Waals surface area contributed by atoms with Crippen LogP contribution in [0.1, 0.15) is 28.3 Å². The fraction of sp³-hybridized carbons (Fsp3) is 0.273. The summed E-state index contributed by atoms with van der Waals surface area (Å²) in [4.78, 5) is 25.8. The minimum absolute atomic E-state index is 0.0255. The third-order valence-corrected chi connectivity index (χ3v) is 7.95. The average Bonchev–Trinajstić information content (AvgIpc) is 3.51. The Labute approximate surface area is 187 Å². The van der Waals surface area contributed by atoms with Crippen molar-refractivity contribution in [3.63, 3.8) is 0 Å². The second-order valence-electron chi connectivity index (χ2n) is 7.00.